The number of hydrogen-bond acceptors (Lipinski definition) is 6. The highest BCUT2D eigenvalue weighted by Gasteiger charge is 2.10. The molecule has 0 aliphatic rings. The van der Waals surface area contributed by atoms with Crippen LogP contribution in [0.4, 0.5) is 16.0 Å². The van der Waals surface area contributed by atoms with E-state index in [0.29, 0.717) is 11.3 Å². The zero-order valence-corrected chi connectivity index (χ0v) is 11.6. The number of aromatic nitrogens is 6. The van der Waals surface area contributed by atoms with E-state index in [0.717, 1.165) is 0 Å². The summed E-state index contributed by atoms with van der Waals surface area (Å²) in [4.78, 5) is 15.9. The monoisotopic (exact) mass is 305 g/mol. The SMILES string of the molecule is Cc1c(F)cccc1Nc1nc(Cl)nc(-n2cncn2)n1. The van der Waals surface area contributed by atoms with Gasteiger partial charge in [0.15, 0.2) is 0 Å². The third-order valence-corrected chi connectivity index (χ3v) is 2.90. The molecule has 106 valence electrons. The van der Waals surface area contributed by atoms with Crippen molar-refractivity contribution in [2.75, 3.05) is 5.32 Å². The second-order valence-electron chi connectivity index (χ2n) is 4.11. The van der Waals surface area contributed by atoms with Crippen molar-refractivity contribution in [2.45, 2.75) is 6.92 Å². The molecule has 0 unspecified atom stereocenters. The average molecular weight is 306 g/mol. The number of hydrogen-bond donors (Lipinski definition) is 1. The minimum Gasteiger partial charge on any atom is -0.324 e. The van der Waals surface area contributed by atoms with Gasteiger partial charge in [0.2, 0.25) is 11.2 Å². The zero-order valence-electron chi connectivity index (χ0n) is 10.8. The maximum atomic E-state index is 13.5. The number of rotatable bonds is 3. The van der Waals surface area contributed by atoms with Crippen LogP contribution in [-0.2, 0) is 0 Å². The average Bonchev–Trinajstić information content (AvgIpc) is 2.97. The standard InChI is InChI=1S/C12H9ClFN7/c1-7-8(14)3-2-4-9(7)17-11-18-10(13)19-12(20-11)21-6-15-5-16-21/h2-6H,1H3,(H,17,18,19,20). The van der Waals surface area contributed by atoms with Crippen molar-refractivity contribution in [1.82, 2.24) is 29.7 Å². The lowest BCUT2D eigenvalue weighted by molar-refractivity contribution is 0.619. The van der Waals surface area contributed by atoms with Crippen LogP contribution in [0.25, 0.3) is 5.95 Å². The predicted octanol–water partition coefficient (Wildman–Crippen LogP) is 2.30. The van der Waals surface area contributed by atoms with Crippen LogP contribution in [0.2, 0.25) is 5.28 Å². The summed E-state index contributed by atoms with van der Waals surface area (Å²) >= 11 is 5.87. The van der Waals surface area contributed by atoms with Gasteiger partial charge in [0.05, 0.1) is 0 Å². The van der Waals surface area contributed by atoms with Crippen LogP contribution in [0.1, 0.15) is 5.56 Å². The molecule has 0 aliphatic heterocycles. The summed E-state index contributed by atoms with van der Waals surface area (Å²) in [5.41, 5.74) is 0.998. The Balaban J connectivity index is 1.98. The molecule has 1 N–H and O–H groups in total. The van der Waals surface area contributed by atoms with Crippen molar-refractivity contribution in [3.05, 3.63) is 47.5 Å². The van der Waals surface area contributed by atoms with Gasteiger partial charge in [0.1, 0.15) is 18.5 Å². The van der Waals surface area contributed by atoms with Gasteiger partial charge in [0, 0.05) is 11.3 Å². The number of nitrogens with one attached hydrogen (secondary N) is 1. The first-order valence-corrected chi connectivity index (χ1v) is 6.30. The van der Waals surface area contributed by atoms with Crippen molar-refractivity contribution in [1.29, 1.82) is 0 Å². The Labute approximate surface area is 123 Å². The molecule has 0 amide bonds. The molecule has 0 spiro atoms. The van der Waals surface area contributed by atoms with Crippen molar-refractivity contribution >= 4 is 23.2 Å². The molecular weight excluding hydrogens is 297 g/mol. The molecule has 1 aromatic carbocycles. The lowest BCUT2D eigenvalue weighted by Gasteiger charge is -2.09. The molecule has 3 aromatic rings. The highest BCUT2D eigenvalue weighted by molar-refractivity contribution is 6.28. The lowest BCUT2D eigenvalue weighted by atomic mass is 10.2. The summed E-state index contributed by atoms with van der Waals surface area (Å²) in [6, 6.07) is 4.68. The van der Waals surface area contributed by atoms with Crippen LogP contribution in [0.3, 0.4) is 0 Å². The molecule has 0 fully saturated rings. The maximum absolute atomic E-state index is 13.5. The lowest BCUT2D eigenvalue weighted by Crippen LogP contribution is -2.07. The zero-order chi connectivity index (χ0) is 14.8. The number of benzene rings is 1. The van der Waals surface area contributed by atoms with Gasteiger partial charge in [-0.15, -0.1) is 0 Å². The van der Waals surface area contributed by atoms with Crippen molar-refractivity contribution in [3.8, 4) is 5.95 Å². The van der Waals surface area contributed by atoms with E-state index in [4.69, 9.17) is 11.6 Å². The fourth-order valence-electron chi connectivity index (χ4n) is 1.67. The van der Waals surface area contributed by atoms with Crippen LogP contribution in [0, 0.1) is 12.7 Å². The molecule has 0 atom stereocenters. The Bertz CT molecular complexity index is 775. The largest absolute Gasteiger partial charge is 0.324 e. The van der Waals surface area contributed by atoms with Crippen LogP contribution >= 0.6 is 11.6 Å². The van der Waals surface area contributed by atoms with Crippen LogP contribution < -0.4 is 5.32 Å². The van der Waals surface area contributed by atoms with E-state index in [1.165, 1.54) is 23.4 Å². The first-order chi connectivity index (χ1) is 10.1. The van der Waals surface area contributed by atoms with E-state index < -0.39 is 0 Å². The molecule has 9 heteroatoms. The molecule has 0 bridgehead atoms. The Morgan fingerprint density at radius 2 is 2.10 bits per heavy atom. The number of halogens is 2. The Hall–Kier alpha value is -2.61. The molecule has 0 saturated carbocycles. The highest BCUT2D eigenvalue weighted by Crippen LogP contribution is 2.21. The molecule has 0 saturated heterocycles. The predicted molar refractivity (Wildman–Crippen MR) is 74.2 cm³/mol. The topological polar surface area (TPSA) is 81.4 Å². The maximum Gasteiger partial charge on any atom is 0.258 e. The van der Waals surface area contributed by atoms with Crippen LogP contribution in [0.5, 0.6) is 0 Å². The van der Waals surface area contributed by atoms with Gasteiger partial charge >= 0.3 is 0 Å². The summed E-state index contributed by atoms with van der Waals surface area (Å²) in [5.74, 6) is 0.0786. The van der Waals surface area contributed by atoms with Crippen LogP contribution in [-0.4, -0.2) is 29.7 Å². The van der Waals surface area contributed by atoms with Gasteiger partial charge in [0.25, 0.3) is 5.95 Å². The van der Waals surface area contributed by atoms with Gasteiger partial charge in [-0.2, -0.15) is 24.7 Å². The molecule has 3 rings (SSSR count). The highest BCUT2D eigenvalue weighted by atomic mass is 35.5. The summed E-state index contributed by atoms with van der Waals surface area (Å²) in [6.07, 6.45) is 2.78. The van der Waals surface area contributed by atoms with Crippen molar-refractivity contribution < 1.29 is 4.39 Å². The summed E-state index contributed by atoms with van der Waals surface area (Å²) < 4.78 is 14.9. The van der Waals surface area contributed by atoms with Crippen molar-refractivity contribution in [3.63, 3.8) is 0 Å². The minimum absolute atomic E-state index is 0.00736. The Morgan fingerprint density at radius 1 is 1.24 bits per heavy atom. The van der Waals surface area contributed by atoms with E-state index in [-0.39, 0.29) is 23.0 Å². The van der Waals surface area contributed by atoms with Gasteiger partial charge in [-0.05, 0) is 30.7 Å². The molecule has 7 nitrogen and oxygen atoms in total. The second kappa shape index (κ2) is 5.41. The Kier molecular flexibility index (Phi) is 3.44. The molecule has 2 aromatic heterocycles. The fourth-order valence-corrected chi connectivity index (χ4v) is 1.83. The second-order valence-corrected chi connectivity index (χ2v) is 4.44. The van der Waals surface area contributed by atoms with Gasteiger partial charge < -0.3 is 5.32 Å². The third-order valence-electron chi connectivity index (χ3n) is 2.73. The summed E-state index contributed by atoms with van der Waals surface area (Å²) in [6.45, 7) is 1.65. The van der Waals surface area contributed by atoms with E-state index in [1.54, 1.807) is 19.1 Å². The van der Waals surface area contributed by atoms with Gasteiger partial charge in [-0.25, -0.2) is 9.37 Å². The molecule has 0 radical (unpaired) electrons. The van der Waals surface area contributed by atoms with E-state index >= 15 is 0 Å². The molecule has 0 aliphatic carbocycles. The number of nitrogens with zero attached hydrogens (tertiary/aromatic N) is 6. The van der Waals surface area contributed by atoms with E-state index in [2.05, 4.69) is 30.4 Å². The van der Waals surface area contributed by atoms with Crippen molar-refractivity contribution in [2.24, 2.45) is 0 Å². The number of anilines is 2. The molecule has 21 heavy (non-hydrogen) atoms. The van der Waals surface area contributed by atoms with Gasteiger partial charge in [-0.1, -0.05) is 6.07 Å². The fraction of sp³-hybridized carbons (Fsp3) is 0.0833. The molecular formula is C12H9ClFN7. The third kappa shape index (κ3) is 2.79. The summed E-state index contributed by atoms with van der Waals surface area (Å²) in [5, 5.41) is 6.81. The van der Waals surface area contributed by atoms with Crippen LogP contribution in [0.15, 0.2) is 30.9 Å². The normalized spacial score (nSPS) is 10.6. The first kappa shape index (κ1) is 13.4. The quantitative estimate of drug-likeness (QED) is 0.799. The summed E-state index contributed by atoms with van der Waals surface area (Å²) in [7, 11) is 0. The van der Waals surface area contributed by atoms with E-state index in [9.17, 15) is 4.39 Å². The molecule has 2 heterocycles. The Morgan fingerprint density at radius 3 is 2.86 bits per heavy atom. The van der Waals surface area contributed by atoms with E-state index in [1.807, 2.05) is 0 Å². The first-order valence-electron chi connectivity index (χ1n) is 5.92. The van der Waals surface area contributed by atoms with Gasteiger partial charge in [-0.3, -0.25) is 0 Å². The minimum atomic E-state index is -0.323. The smallest absolute Gasteiger partial charge is 0.258 e.